The van der Waals surface area contributed by atoms with Crippen molar-refractivity contribution in [1.82, 2.24) is 0 Å². The Hall–Kier alpha value is -1.54. The summed E-state index contributed by atoms with van der Waals surface area (Å²) in [4.78, 5) is -0.149. The molecule has 0 aromatic heterocycles. The molecule has 106 valence electrons. The second kappa shape index (κ2) is 5.45. The van der Waals surface area contributed by atoms with E-state index in [1.54, 1.807) is 6.07 Å². The van der Waals surface area contributed by atoms with E-state index >= 15 is 0 Å². The van der Waals surface area contributed by atoms with Gasteiger partial charge in [0.1, 0.15) is 10.7 Å². The summed E-state index contributed by atoms with van der Waals surface area (Å²) in [6.45, 7) is 0. The fourth-order valence-electron chi connectivity index (χ4n) is 1.46. The number of sulfonamides is 1. The van der Waals surface area contributed by atoms with Crippen LogP contribution in [0, 0.1) is 17.5 Å². The minimum atomic E-state index is -4.12. The SMILES string of the molecule is O=S(=O)(Nc1cc(F)c(F)cc1F)c1ccccc1Br. The van der Waals surface area contributed by atoms with Crippen LogP contribution in [-0.4, -0.2) is 8.42 Å². The Morgan fingerprint density at radius 2 is 1.55 bits per heavy atom. The van der Waals surface area contributed by atoms with Gasteiger partial charge in [0.05, 0.1) is 5.69 Å². The highest BCUT2D eigenvalue weighted by Gasteiger charge is 2.20. The van der Waals surface area contributed by atoms with Gasteiger partial charge in [-0.25, -0.2) is 21.6 Å². The molecule has 3 nitrogen and oxygen atoms in total. The topological polar surface area (TPSA) is 46.2 Å². The van der Waals surface area contributed by atoms with E-state index in [-0.39, 0.29) is 15.4 Å². The van der Waals surface area contributed by atoms with E-state index in [1.165, 1.54) is 18.2 Å². The second-order valence-electron chi connectivity index (χ2n) is 3.78. The van der Waals surface area contributed by atoms with Crippen molar-refractivity contribution in [3.8, 4) is 0 Å². The molecule has 2 aromatic carbocycles. The zero-order chi connectivity index (χ0) is 14.9. The number of hydrogen-bond acceptors (Lipinski definition) is 2. The lowest BCUT2D eigenvalue weighted by Gasteiger charge is -2.10. The Labute approximate surface area is 121 Å². The van der Waals surface area contributed by atoms with Crippen molar-refractivity contribution in [3.05, 3.63) is 58.3 Å². The molecule has 0 amide bonds. The summed E-state index contributed by atoms with van der Waals surface area (Å²) in [6.07, 6.45) is 0. The van der Waals surface area contributed by atoms with Crippen LogP contribution >= 0.6 is 15.9 Å². The van der Waals surface area contributed by atoms with Crippen LogP contribution in [0.5, 0.6) is 0 Å². The van der Waals surface area contributed by atoms with Crippen molar-refractivity contribution in [2.24, 2.45) is 0 Å². The molecule has 0 aliphatic rings. The molecule has 0 fully saturated rings. The van der Waals surface area contributed by atoms with Gasteiger partial charge in [-0.05, 0) is 28.1 Å². The highest BCUT2D eigenvalue weighted by atomic mass is 79.9. The Kier molecular flexibility index (Phi) is 4.05. The van der Waals surface area contributed by atoms with Crippen LogP contribution in [0.25, 0.3) is 0 Å². The quantitative estimate of drug-likeness (QED) is 0.843. The normalized spacial score (nSPS) is 11.4. The van der Waals surface area contributed by atoms with Gasteiger partial charge in [-0.15, -0.1) is 0 Å². The molecule has 0 aliphatic carbocycles. The largest absolute Gasteiger partial charge is 0.277 e. The van der Waals surface area contributed by atoms with Gasteiger partial charge < -0.3 is 0 Å². The first-order valence-corrected chi connectivity index (χ1v) is 7.51. The summed E-state index contributed by atoms with van der Waals surface area (Å²) in [6, 6.07) is 6.55. The van der Waals surface area contributed by atoms with E-state index in [4.69, 9.17) is 0 Å². The molecule has 0 radical (unpaired) electrons. The van der Waals surface area contributed by atoms with Gasteiger partial charge in [-0.2, -0.15) is 0 Å². The van der Waals surface area contributed by atoms with E-state index in [0.717, 1.165) is 0 Å². The Morgan fingerprint density at radius 3 is 2.20 bits per heavy atom. The van der Waals surface area contributed by atoms with Crippen LogP contribution in [-0.2, 0) is 10.0 Å². The first-order chi connectivity index (χ1) is 9.31. The van der Waals surface area contributed by atoms with Crippen LogP contribution in [0.3, 0.4) is 0 Å². The Balaban J connectivity index is 2.44. The zero-order valence-corrected chi connectivity index (χ0v) is 12.1. The van der Waals surface area contributed by atoms with Crippen LogP contribution in [0.4, 0.5) is 18.9 Å². The summed E-state index contributed by atoms with van der Waals surface area (Å²) in [5.74, 6) is -3.96. The van der Waals surface area contributed by atoms with Crippen LogP contribution in [0.15, 0.2) is 45.8 Å². The molecule has 0 saturated carbocycles. The first-order valence-electron chi connectivity index (χ1n) is 5.23. The molecule has 2 rings (SSSR count). The summed E-state index contributed by atoms with van der Waals surface area (Å²) in [7, 11) is -4.12. The third-order valence-electron chi connectivity index (χ3n) is 2.38. The lowest BCUT2D eigenvalue weighted by Crippen LogP contribution is -2.15. The minimum absolute atomic E-state index is 0.149. The number of rotatable bonds is 3. The Bertz CT molecular complexity index is 765. The molecule has 0 bridgehead atoms. The van der Waals surface area contributed by atoms with Gasteiger partial charge in [-0.1, -0.05) is 12.1 Å². The summed E-state index contributed by atoms with van der Waals surface area (Å²) in [5.41, 5.74) is -0.667. The molecular formula is C12H7BrF3NO2S. The third-order valence-corrected chi connectivity index (χ3v) is 4.76. The van der Waals surface area contributed by atoms with Crippen LogP contribution in [0.2, 0.25) is 0 Å². The summed E-state index contributed by atoms with van der Waals surface area (Å²) in [5, 5.41) is 0. The lowest BCUT2D eigenvalue weighted by atomic mass is 10.3. The molecular weight excluding hydrogens is 359 g/mol. The van der Waals surface area contributed by atoms with Gasteiger partial charge in [0.15, 0.2) is 11.6 Å². The summed E-state index contributed by atoms with van der Waals surface area (Å²) >= 11 is 3.04. The van der Waals surface area contributed by atoms with Crippen LogP contribution in [0.1, 0.15) is 0 Å². The Morgan fingerprint density at radius 1 is 0.950 bits per heavy atom. The molecule has 8 heteroatoms. The lowest BCUT2D eigenvalue weighted by molar-refractivity contribution is 0.496. The van der Waals surface area contributed by atoms with E-state index in [9.17, 15) is 21.6 Å². The number of nitrogens with one attached hydrogen (secondary N) is 1. The van der Waals surface area contributed by atoms with E-state index in [2.05, 4.69) is 15.9 Å². The van der Waals surface area contributed by atoms with Gasteiger partial charge in [0.25, 0.3) is 10.0 Å². The number of anilines is 1. The molecule has 20 heavy (non-hydrogen) atoms. The maximum absolute atomic E-state index is 13.4. The van der Waals surface area contributed by atoms with Gasteiger partial charge in [0.2, 0.25) is 0 Å². The van der Waals surface area contributed by atoms with Crippen molar-refractivity contribution in [2.75, 3.05) is 4.72 Å². The third kappa shape index (κ3) is 2.96. The maximum Gasteiger partial charge on any atom is 0.263 e. The van der Waals surface area contributed by atoms with Gasteiger partial charge in [-0.3, -0.25) is 4.72 Å². The average molecular weight is 366 g/mol. The van der Waals surface area contributed by atoms with Crippen molar-refractivity contribution in [1.29, 1.82) is 0 Å². The molecule has 0 spiro atoms. The van der Waals surface area contributed by atoms with Crippen LogP contribution < -0.4 is 4.72 Å². The predicted molar refractivity (Wildman–Crippen MR) is 71.3 cm³/mol. The zero-order valence-electron chi connectivity index (χ0n) is 9.70. The maximum atomic E-state index is 13.4. The molecule has 0 atom stereocenters. The fraction of sp³-hybridized carbons (Fsp3) is 0. The van der Waals surface area contributed by atoms with Gasteiger partial charge in [0, 0.05) is 16.6 Å². The minimum Gasteiger partial charge on any atom is -0.277 e. The molecule has 0 aliphatic heterocycles. The van der Waals surface area contributed by atoms with E-state index in [1.807, 2.05) is 4.72 Å². The predicted octanol–water partition coefficient (Wildman–Crippen LogP) is 3.67. The number of hydrogen-bond donors (Lipinski definition) is 1. The number of benzene rings is 2. The van der Waals surface area contributed by atoms with Crippen molar-refractivity contribution < 1.29 is 21.6 Å². The van der Waals surface area contributed by atoms with Gasteiger partial charge >= 0.3 is 0 Å². The molecule has 0 saturated heterocycles. The molecule has 0 heterocycles. The average Bonchev–Trinajstić information content (AvgIpc) is 2.36. The number of halogens is 4. The van der Waals surface area contributed by atoms with E-state index < -0.39 is 33.2 Å². The summed E-state index contributed by atoms with van der Waals surface area (Å²) < 4.78 is 65.5. The molecule has 0 unspecified atom stereocenters. The highest BCUT2D eigenvalue weighted by molar-refractivity contribution is 9.10. The second-order valence-corrected chi connectivity index (χ2v) is 6.29. The monoisotopic (exact) mass is 365 g/mol. The first kappa shape index (κ1) is 14.9. The van der Waals surface area contributed by atoms with Crippen molar-refractivity contribution in [2.45, 2.75) is 4.90 Å². The highest BCUT2D eigenvalue weighted by Crippen LogP contribution is 2.26. The van der Waals surface area contributed by atoms with E-state index in [0.29, 0.717) is 6.07 Å². The standard InChI is InChI=1S/C12H7BrF3NO2S/c13-7-3-1-2-4-12(7)20(18,19)17-11-6-9(15)8(14)5-10(11)16/h1-6,17H. The molecule has 2 aromatic rings. The fourth-order valence-corrected chi connectivity index (χ4v) is 3.53. The smallest absolute Gasteiger partial charge is 0.263 e. The molecule has 1 N–H and O–H groups in total. The van der Waals surface area contributed by atoms with Crippen molar-refractivity contribution in [3.63, 3.8) is 0 Å². The van der Waals surface area contributed by atoms with Crippen molar-refractivity contribution >= 4 is 31.6 Å².